The van der Waals surface area contributed by atoms with Gasteiger partial charge in [-0.15, -0.1) is 0 Å². The summed E-state index contributed by atoms with van der Waals surface area (Å²) < 4.78 is 6.43. The molecule has 2 nitrogen and oxygen atoms in total. The van der Waals surface area contributed by atoms with Crippen molar-refractivity contribution < 1.29 is 4.42 Å². The van der Waals surface area contributed by atoms with Gasteiger partial charge in [-0.05, 0) is 104 Å². The Kier molecular flexibility index (Phi) is 8.07. The van der Waals surface area contributed by atoms with Gasteiger partial charge in [0.25, 0.3) is 0 Å². The molecule has 2 heteroatoms. The van der Waals surface area contributed by atoms with Gasteiger partial charge in [0.2, 0.25) is 0 Å². The van der Waals surface area contributed by atoms with Crippen molar-refractivity contribution in [1.82, 2.24) is 0 Å². The molecule has 10 aromatic carbocycles. The highest BCUT2D eigenvalue weighted by atomic mass is 16.3. The van der Waals surface area contributed by atoms with E-state index in [1.54, 1.807) is 0 Å². The van der Waals surface area contributed by atoms with Crippen LogP contribution in [-0.2, 0) is 10.8 Å². The second kappa shape index (κ2) is 14.2. The molecule has 64 heavy (non-hydrogen) atoms. The van der Waals surface area contributed by atoms with Crippen LogP contribution < -0.4 is 4.90 Å². The number of anilines is 3. The van der Waals surface area contributed by atoms with Crippen LogP contribution in [0.15, 0.2) is 253 Å². The molecule has 2 aliphatic rings. The maximum atomic E-state index is 6.43. The molecule has 0 amide bonds. The summed E-state index contributed by atoms with van der Waals surface area (Å²) in [5, 5.41) is 2.19. The third-order valence-electron chi connectivity index (χ3n) is 14.0. The van der Waals surface area contributed by atoms with Crippen LogP contribution in [-0.4, -0.2) is 0 Å². The van der Waals surface area contributed by atoms with Crippen LogP contribution >= 0.6 is 0 Å². The standard InChI is InChI=1S/C62H41NO/c1-4-19-42(20-5-1)61(54-30-14-10-25-48(54)49-26-11-15-31-55(49)61)45-35-37-46(38-36-45)63(47-39-40-59-53(41-47)51-28-13-17-34-58(51)64-59)57-33-18-29-52-50-27-12-16-32-56(50)62(60(52)57,43-21-6-2-7-22-43)44-23-8-3-9-24-44/h1-41H. The van der Waals surface area contributed by atoms with Crippen molar-refractivity contribution in [3.8, 4) is 22.3 Å². The fraction of sp³-hybridized carbons (Fsp3) is 0.0323. The van der Waals surface area contributed by atoms with Crippen molar-refractivity contribution >= 4 is 39.0 Å². The first-order valence-electron chi connectivity index (χ1n) is 22.2. The van der Waals surface area contributed by atoms with Crippen LogP contribution in [0.2, 0.25) is 0 Å². The first-order chi connectivity index (χ1) is 31.8. The summed E-state index contributed by atoms with van der Waals surface area (Å²) >= 11 is 0. The lowest BCUT2D eigenvalue weighted by Gasteiger charge is -2.38. The number of benzene rings is 10. The molecular weight excluding hydrogens is 775 g/mol. The molecule has 0 radical (unpaired) electrons. The molecule has 13 rings (SSSR count). The van der Waals surface area contributed by atoms with Crippen molar-refractivity contribution in [2.24, 2.45) is 0 Å². The van der Waals surface area contributed by atoms with Gasteiger partial charge in [0.05, 0.1) is 16.5 Å². The summed E-state index contributed by atoms with van der Waals surface area (Å²) in [6.45, 7) is 0. The van der Waals surface area contributed by atoms with Gasteiger partial charge < -0.3 is 9.32 Å². The van der Waals surface area contributed by atoms with Gasteiger partial charge in [-0.3, -0.25) is 0 Å². The number of para-hydroxylation sites is 1. The molecule has 0 bridgehead atoms. The van der Waals surface area contributed by atoms with Gasteiger partial charge in [0.1, 0.15) is 11.2 Å². The Morgan fingerprint density at radius 3 is 1.34 bits per heavy atom. The van der Waals surface area contributed by atoms with Crippen molar-refractivity contribution in [2.45, 2.75) is 10.8 Å². The second-order valence-corrected chi connectivity index (χ2v) is 17.1. The number of fused-ring (bicyclic) bond motifs is 9. The Morgan fingerprint density at radius 2 is 0.734 bits per heavy atom. The predicted octanol–water partition coefficient (Wildman–Crippen LogP) is 15.8. The highest BCUT2D eigenvalue weighted by molar-refractivity contribution is 6.07. The molecule has 300 valence electrons. The van der Waals surface area contributed by atoms with Crippen molar-refractivity contribution in [1.29, 1.82) is 0 Å². The molecule has 11 aromatic rings. The third-order valence-corrected chi connectivity index (χ3v) is 14.0. The van der Waals surface area contributed by atoms with E-state index in [-0.39, 0.29) is 0 Å². The quantitative estimate of drug-likeness (QED) is 0.159. The summed E-state index contributed by atoms with van der Waals surface area (Å²) in [5.41, 5.74) is 19.0. The van der Waals surface area contributed by atoms with Crippen LogP contribution in [0.3, 0.4) is 0 Å². The van der Waals surface area contributed by atoms with E-state index < -0.39 is 10.8 Å². The predicted molar refractivity (Wildman–Crippen MR) is 263 cm³/mol. The van der Waals surface area contributed by atoms with Gasteiger partial charge >= 0.3 is 0 Å². The van der Waals surface area contributed by atoms with Crippen LogP contribution in [0.4, 0.5) is 17.1 Å². The Bertz CT molecular complexity index is 3470. The highest BCUT2D eigenvalue weighted by Crippen LogP contribution is 2.61. The van der Waals surface area contributed by atoms with E-state index in [1.165, 1.54) is 66.8 Å². The lowest BCUT2D eigenvalue weighted by atomic mass is 9.67. The molecule has 0 N–H and O–H groups in total. The summed E-state index contributed by atoms with van der Waals surface area (Å²) in [6.07, 6.45) is 0. The van der Waals surface area contributed by atoms with E-state index in [2.05, 4.69) is 248 Å². The molecule has 0 saturated heterocycles. The van der Waals surface area contributed by atoms with Gasteiger partial charge in [0, 0.05) is 27.7 Å². The largest absolute Gasteiger partial charge is 0.456 e. The van der Waals surface area contributed by atoms with Crippen molar-refractivity contribution in [3.63, 3.8) is 0 Å². The third kappa shape index (κ3) is 5.02. The Balaban J connectivity index is 1.10. The van der Waals surface area contributed by atoms with E-state index in [4.69, 9.17) is 4.42 Å². The maximum absolute atomic E-state index is 6.43. The van der Waals surface area contributed by atoms with E-state index in [0.717, 1.165) is 39.0 Å². The zero-order chi connectivity index (χ0) is 42.2. The minimum absolute atomic E-state index is 0.502. The summed E-state index contributed by atoms with van der Waals surface area (Å²) in [4.78, 5) is 2.49. The Morgan fingerprint density at radius 1 is 0.297 bits per heavy atom. The Hall–Kier alpha value is -8.20. The Labute approximate surface area is 373 Å². The summed E-state index contributed by atoms with van der Waals surface area (Å²) in [6, 6.07) is 91.5. The first kappa shape index (κ1) is 36.5. The molecule has 0 fully saturated rings. The average molecular weight is 816 g/mol. The molecule has 0 atom stereocenters. The van der Waals surface area contributed by atoms with Gasteiger partial charge in [-0.2, -0.15) is 0 Å². The first-order valence-corrected chi connectivity index (χ1v) is 22.2. The van der Waals surface area contributed by atoms with Crippen LogP contribution in [0, 0.1) is 0 Å². The fourth-order valence-corrected chi connectivity index (χ4v) is 11.5. The number of hydrogen-bond donors (Lipinski definition) is 0. The topological polar surface area (TPSA) is 16.4 Å². The molecular formula is C62H41NO. The summed E-state index contributed by atoms with van der Waals surface area (Å²) in [5.74, 6) is 0. The highest BCUT2D eigenvalue weighted by Gasteiger charge is 2.49. The van der Waals surface area contributed by atoms with Gasteiger partial charge in [-0.1, -0.05) is 206 Å². The van der Waals surface area contributed by atoms with Crippen LogP contribution in [0.1, 0.15) is 44.5 Å². The van der Waals surface area contributed by atoms with Crippen LogP contribution in [0.25, 0.3) is 44.2 Å². The molecule has 0 spiro atoms. The number of nitrogens with zero attached hydrogens (tertiary/aromatic N) is 1. The van der Waals surface area contributed by atoms with Crippen LogP contribution in [0.5, 0.6) is 0 Å². The fourth-order valence-electron chi connectivity index (χ4n) is 11.5. The normalized spacial score (nSPS) is 13.9. The van der Waals surface area contributed by atoms with E-state index in [1.807, 2.05) is 6.07 Å². The molecule has 1 aromatic heterocycles. The maximum Gasteiger partial charge on any atom is 0.135 e. The average Bonchev–Trinajstić information content (AvgIpc) is 4.01. The second-order valence-electron chi connectivity index (χ2n) is 17.1. The monoisotopic (exact) mass is 815 g/mol. The lowest BCUT2D eigenvalue weighted by Crippen LogP contribution is -2.30. The van der Waals surface area contributed by atoms with Crippen molar-refractivity contribution in [3.05, 3.63) is 293 Å². The molecule has 0 saturated carbocycles. The van der Waals surface area contributed by atoms with E-state index >= 15 is 0 Å². The number of rotatable bonds is 7. The lowest BCUT2D eigenvalue weighted by molar-refractivity contribution is 0.669. The van der Waals surface area contributed by atoms with Gasteiger partial charge in [-0.25, -0.2) is 0 Å². The van der Waals surface area contributed by atoms with Gasteiger partial charge in [0.15, 0.2) is 0 Å². The number of furan rings is 1. The van der Waals surface area contributed by atoms with E-state index in [0.29, 0.717) is 0 Å². The molecule has 0 aliphatic heterocycles. The smallest absolute Gasteiger partial charge is 0.135 e. The molecule has 1 heterocycles. The SMILES string of the molecule is c1ccc(C2(c3ccc(N(c4ccc5oc6ccccc6c5c4)c4cccc5c4C(c4ccccc4)(c4ccccc4)c4ccccc4-5)cc3)c3ccccc3-c3ccccc32)cc1. The molecule has 2 aliphatic carbocycles. The molecule has 0 unspecified atom stereocenters. The van der Waals surface area contributed by atoms with Crippen molar-refractivity contribution in [2.75, 3.05) is 4.90 Å². The summed E-state index contributed by atoms with van der Waals surface area (Å²) in [7, 11) is 0. The minimum atomic E-state index is -0.607. The zero-order valence-electron chi connectivity index (χ0n) is 35.0. The van der Waals surface area contributed by atoms with E-state index in [9.17, 15) is 0 Å². The number of hydrogen-bond acceptors (Lipinski definition) is 2. The minimum Gasteiger partial charge on any atom is -0.456 e. The zero-order valence-corrected chi connectivity index (χ0v) is 35.0.